The molecule has 1 aromatic heterocycles. The highest BCUT2D eigenvalue weighted by Gasteiger charge is 2.30. The van der Waals surface area contributed by atoms with Crippen LogP contribution in [0, 0.1) is 11.8 Å². The number of nitrogens with zero attached hydrogens (tertiary/aromatic N) is 3. The fraction of sp³-hybridized carbons (Fsp3) is 0.679. The highest BCUT2D eigenvalue weighted by molar-refractivity contribution is 14.2. The normalized spacial score (nSPS) is 26.0. The van der Waals surface area contributed by atoms with Crippen molar-refractivity contribution in [2.45, 2.75) is 83.6 Å². The predicted molar refractivity (Wildman–Crippen MR) is 152 cm³/mol. The molecule has 1 N–H and O–H groups in total. The van der Waals surface area contributed by atoms with Crippen LogP contribution in [0.25, 0.3) is 0 Å². The minimum atomic E-state index is 0.0369. The lowest BCUT2D eigenvalue weighted by molar-refractivity contribution is 0.0852. The molecule has 3 heterocycles. The fourth-order valence-corrected chi connectivity index (χ4v) is 7.60. The average molecular weight is 579 g/mol. The average Bonchev–Trinajstić information content (AvgIpc) is 3.16. The van der Waals surface area contributed by atoms with Crippen LogP contribution in [0.4, 0.5) is 5.82 Å². The lowest BCUT2D eigenvalue weighted by Gasteiger charge is -2.39. The molecule has 1 saturated carbocycles. The maximum absolute atomic E-state index is 13.1. The molecule has 0 aromatic carbocycles. The molecular formula is C28H43IN4O. The minimum Gasteiger partial charge on any atom is -0.349 e. The summed E-state index contributed by atoms with van der Waals surface area (Å²) in [6, 6.07) is 4.20. The van der Waals surface area contributed by atoms with Crippen LogP contribution in [0.3, 0.4) is 0 Å². The topological polar surface area (TPSA) is 48.5 Å². The molecule has 1 saturated heterocycles. The first-order chi connectivity index (χ1) is 16.7. The summed E-state index contributed by atoms with van der Waals surface area (Å²) in [5.41, 5.74) is 0.676. The number of hydrogen-bond donors (Lipinski definition) is 1. The first-order valence-electron chi connectivity index (χ1n) is 13.6. The van der Waals surface area contributed by atoms with E-state index in [0.717, 1.165) is 31.1 Å². The van der Waals surface area contributed by atoms with Gasteiger partial charge in [-0.25, -0.2) is 4.98 Å². The first kappa shape index (κ1) is 25.8. The molecule has 4 rings (SSSR count). The van der Waals surface area contributed by atoms with Crippen molar-refractivity contribution in [1.29, 1.82) is 0 Å². The molecule has 6 heteroatoms. The van der Waals surface area contributed by atoms with Crippen molar-refractivity contribution in [3.63, 3.8) is 0 Å². The number of carbonyl (C=O) groups excluding carboxylic acids is 1. The van der Waals surface area contributed by atoms with Crippen molar-refractivity contribution in [2.75, 3.05) is 29.0 Å². The SMILES string of the molecule is CCCCCC1CCCN(C[C@@H]2CCCCC2NC(=O)c2ccc(N3C=CCCI=C3)nc2)C1. The van der Waals surface area contributed by atoms with Crippen molar-refractivity contribution in [1.82, 2.24) is 15.2 Å². The molecule has 2 fully saturated rings. The molecule has 1 aromatic rings. The standard InChI is InChI=1S/C28H43IN4O/c1-2-3-4-10-23-11-9-17-32(20-23)21-25-12-5-6-13-26(25)31-28(34)24-14-15-27(30-19-24)33-18-8-7-16-29-22-33/h8,14-15,18-19,22-23,25-26H,2-7,9-13,16-17,20-21H2,1H3,(H,31,34)/t23?,25-,26?/m0/s1. The molecular weight excluding hydrogens is 535 g/mol. The Labute approximate surface area is 216 Å². The van der Waals surface area contributed by atoms with Gasteiger partial charge in [0.2, 0.25) is 0 Å². The second kappa shape index (κ2) is 13.7. The Bertz CT molecular complexity index is 810. The Morgan fingerprint density at radius 2 is 2.09 bits per heavy atom. The summed E-state index contributed by atoms with van der Waals surface area (Å²) in [7, 11) is 0. The fourth-order valence-electron chi connectivity index (χ4n) is 5.70. The van der Waals surface area contributed by atoms with Gasteiger partial charge in [0.05, 0.1) is 5.56 Å². The molecule has 3 aliphatic rings. The number of amides is 1. The van der Waals surface area contributed by atoms with Gasteiger partial charge < -0.3 is 15.1 Å². The van der Waals surface area contributed by atoms with Gasteiger partial charge in [-0.1, -0.05) is 45.1 Å². The second-order valence-electron chi connectivity index (χ2n) is 10.3. The molecule has 188 valence electrons. The monoisotopic (exact) mass is 578 g/mol. The van der Waals surface area contributed by atoms with Crippen LogP contribution in [-0.4, -0.2) is 50.0 Å². The number of likely N-dealkylation sites (tertiary alicyclic amines) is 1. The lowest BCUT2D eigenvalue weighted by Crippen LogP contribution is -2.48. The lowest BCUT2D eigenvalue weighted by atomic mass is 9.83. The van der Waals surface area contributed by atoms with Gasteiger partial charge in [-0.05, 0) is 73.5 Å². The Hall–Kier alpha value is -1.28. The van der Waals surface area contributed by atoms with E-state index in [1.54, 1.807) is 6.20 Å². The van der Waals surface area contributed by atoms with Crippen LogP contribution in [-0.2, 0) is 0 Å². The number of carbonyl (C=O) groups is 1. The summed E-state index contributed by atoms with van der Waals surface area (Å²) in [5, 5.41) is 3.40. The third kappa shape index (κ3) is 7.61. The van der Waals surface area contributed by atoms with Gasteiger partial charge >= 0.3 is 0 Å². The van der Waals surface area contributed by atoms with E-state index < -0.39 is 0 Å². The number of allylic oxidation sites excluding steroid dienone is 1. The molecule has 2 aliphatic heterocycles. The Balaban J connectivity index is 1.31. The number of rotatable bonds is 9. The van der Waals surface area contributed by atoms with Crippen LogP contribution in [0.1, 0.15) is 87.9 Å². The number of aromatic nitrogens is 1. The molecule has 34 heavy (non-hydrogen) atoms. The van der Waals surface area contributed by atoms with E-state index in [1.807, 2.05) is 12.1 Å². The molecule has 0 spiro atoms. The summed E-state index contributed by atoms with van der Waals surface area (Å²) >= 11 is 0.0823. The molecule has 1 aliphatic carbocycles. The highest BCUT2D eigenvalue weighted by Crippen LogP contribution is 2.29. The number of halogens is 1. The molecule has 2 unspecified atom stereocenters. The third-order valence-electron chi connectivity index (χ3n) is 7.64. The zero-order chi connectivity index (χ0) is 23.6. The van der Waals surface area contributed by atoms with Gasteiger partial charge in [0.15, 0.2) is 0 Å². The number of unbranched alkanes of at least 4 members (excludes halogenated alkanes) is 2. The maximum Gasteiger partial charge on any atom is 0.253 e. The van der Waals surface area contributed by atoms with Crippen LogP contribution in [0.5, 0.6) is 0 Å². The largest absolute Gasteiger partial charge is 0.349 e. The van der Waals surface area contributed by atoms with Crippen molar-refractivity contribution in [3.8, 4) is 0 Å². The maximum atomic E-state index is 13.1. The highest BCUT2D eigenvalue weighted by atomic mass is 127. The number of alkyl halides is 1. The van der Waals surface area contributed by atoms with Gasteiger partial charge in [0.1, 0.15) is 5.82 Å². The van der Waals surface area contributed by atoms with Gasteiger partial charge in [-0.3, -0.25) is 4.79 Å². The molecule has 0 bridgehead atoms. The van der Waals surface area contributed by atoms with Crippen molar-refractivity contribution >= 4 is 36.6 Å². The Kier molecular flexibility index (Phi) is 10.4. The van der Waals surface area contributed by atoms with E-state index in [-0.39, 0.29) is 32.7 Å². The number of hydrogen-bond acceptors (Lipinski definition) is 4. The molecule has 3 atom stereocenters. The van der Waals surface area contributed by atoms with Gasteiger partial charge in [-0.15, -0.1) is 20.7 Å². The number of piperidine rings is 1. The predicted octanol–water partition coefficient (Wildman–Crippen LogP) is 6.12. The van der Waals surface area contributed by atoms with Crippen LogP contribution in [0.2, 0.25) is 0 Å². The Morgan fingerprint density at radius 3 is 2.94 bits per heavy atom. The summed E-state index contributed by atoms with van der Waals surface area (Å²) in [5.74, 6) is 2.39. The summed E-state index contributed by atoms with van der Waals surface area (Å²) in [6.45, 7) is 5.93. The van der Waals surface area contributed by atoms with E-state index in [9.17, 15) is 4.79 Å². The smallest absolute Gasteiger partial charge is 0.253 e. The summed E-state index contributed by atoms with van der Waals surface area (Å²) < 4.78 is 3.57. The van der Waals surface area contributed by atoms with Crippen LogP contribution < -0.4 is 10.2 Å². The molecule has 5 nitrogen and oxygen atoms in total. The van der Waals surface area contributed by atoms with Crippen molar-refractivity contribution in [2.24, 2.45) is 11.8 Å². The zero-order valence-corrected chi connectivity index (χ0v) is 23.1. The van der Waals surface area contributed by atoms with E-state index in [4.69, 9.17) is 0 Å². The zero-order valence-electron chi connectivity index (χ0n) is 20.9. The summed E-state index contributed by atoms with van der Waals surface area (Å²) in [4.78, 5) is 22.5. The first-order valence-corrected chi connectivity index (χ1v) is 16.4. The van der Waals surface area contributed by atoms with E-state index in [0.29, 0.717) is 11.5 Å². The number of nitrogens with one attached hydrogen (secondary N) is 1. The second-order valence-corrected chi connectivity index (χ2v) is 12.8. The van der Waals surface area contributed by atoms with Crippen molar-refractivity contribution < 1.29 is 4.79 Å². The number of anilines is 1. The Morgan fingerprint density at radius 1 is 1.18 bits per heavy atom. The van der Waals surface area contributed by atoms with Gasteiger partial charge in [0, 0.05) is 35.7 Å². The van der Waals surface area contributed by atoms with E-state index >= 15 is 0 Å². The molecule has 0 radical (unpaired) electrons. The molecule has 1 amide bonds. The van der Waals surface area contributed by atoms with Crippen LogP contribution >= 0.6 is 20.7 Å². The van der Waals surface area contributed by atoms with E-state index in [1.165, 1.54) is 75.3 Å². The third-order valence-corrected chi connectivity index (χ3v) is 9.88. The van der Waals surface area contributed by atoms with Gasteiger partial charge in [-0.2, -0.15) is 0 Å². The number of pyridine rings is 1. The summed E-state index contributed by atoms with van der Waals surface area (Å²) in [6.07, 6.45) is 20.3. The van der Waals surface area contributed by atoms with Gasteiger partial charge in [0.25, 0.3) is 5.91 Å². The van der Waals surface area contributed by atoms with E-state index in [2.05, 4.69) is 43.4 Å². The van der Waals surface area contributed by atoms with Crippen molar-refractivity contribution in [3.05, 3.63) is 36.2 Å². The minimum absolute atomic E-state index is 0.0369. The van der Waals surface area contributed by atoms with Crippen LogP contribution in [0.15, 0.2) is 30.6 Å². The quantitative estimate of drug-likeness (QED) is 0.218.